The first-order valence-electron chi connectivity index (χ1n) is 5.42. The predicted octanol–water partition coefficient (Wildman–Crippen LogP) is 5.55. The number of ether oxygens (including phenoxy) is 1. The highest BCUT2D eigenvalue weighted by molar-refractivity contribution is 9.11. The van der Waals surface area contributed by atoms with Crippen molar-refractivity contribution in [3.63, 3.8) is 0 Å². The molecule has 0 spiro atoms. The first kappa shape index (κ1) is 15.9. The zero-order chi connectivity index (χ0) is 15.6. The first-order valence-corrected chi connectivity index (χ1v) is 7.80. The molecular formula is C13H5Br3N2O3. The fraction of sp³-hybridized carbons (Fsp3) is 0. The van der Waals surface area contributed by atoms with E-state index in [4.69, 9.17) is 10.00 Å². The molecule has 0 aromatic heterocycles. The van der Waals surface area contributed by atoms with Gasteiger partial charge in [0.1, 0.15) is 5.75 Å². The maximum Gasteiger partial charge on any atom is 0.271 e. The number of halogens is 3. The molecule has 0 aliphatic carbocycles. The molecule has 2 rings (SSSR count). The minimum absolute atomic E-state index is 0.0620. The highest BCUT2D eigenvalue weighted by Crippen LogP contribution is 2.40. The van der Waals surface area contributed by atoms with Crippen molar-refractivity contribution in [1.82, 2.24) is 0 Å². The Hall–Kier alpha value is -1.43. The van der Waals surface area contributed by atoms with E-state index >= 15 is 0 Å². The van der Waals surface area contributed by atoms with Gasteiger partial charge in [0.05, 0.1) is 25.5 Å². The molecule has 0 radical (unpaired) electrons. The molecule has 0 atom stereocenters. The standard InChI is InChI=1S/C13H5Br3N2O3/c14-8-1-7(6-17)2-10(3-8)21-13-11(15)4-9(18(19)20)5-12(13)16/h1-5H. The number of nitro benzene ring substituents is 1. The maximum atomic E-state index is 10.8. The summed E-state index contributed by atoms with van der Waals surface area (Å²) in [5, 5.41) is 19.7. The summed E-state index contributed by atoms with van der Waals surface area (Å²) < 4.78 is 7.27. The lowest BCUT2D eigenvalue weighted by Gasteiger charge is -2.10. The van der Waals surface area contributed by atoms with Crippen LogP contribution in [-0.4, -0.2) is 4.92 Å². The molecule has 0 saturated heterocycles. The Morgan fingerprint density at radius 3 is 2.24 bits per heavy atom. The van der Waals surface area contributed by atoms with Gasteiger partial charge in [-0.3, -0.25) is 10.1 Å². The van der Waals surface area contributed by atoms with E-state index in [1.165, 1.54) is 12.1 Å². The zero-order valence-corrected chi connectivity index (χ0v) is 14.9. The number of nitro groups is 1. The van der Waals surface area contributed by atoms with Crippen molar-refractivity contribution in [3.8, 4) is 17.6 Å². The summed E-state index contributed by atoms with van der Waals surface area (Å²) in [6, 6.07) is 9.65. The highest BCUT2D eigenvalue weighted by atomic mass is 79.9. The third-order valence-electron chi connectivity index (χ3n) is 2.41. The molecule has 0 bridgehead atoms. The number of non-ortho nitro benzene ring substituents is 1. The van der Waals surface area contributed by atoms with Gasteiger partial charge in [0, 0.05) is 16.6 Å². The van der Waals surface area contributed by atoms with Crippen LogP contribution in [0.25, 0.3) is 0 Å². The maximum absolute atomic E-state index is 10.8. The Morgan fingerprint density at radius 1 is 1.10 bits per heavy atom. The molecule has 0 fully saturated rings. The average molecular weight is 477 g/mol. The summed E-state index contributed by atoms with van der Waals surface area (Å²) in [6.45, 7) is 0. The lowest BCUT2D eigenvalue weighted by Crippen LogP contribution is -1.92. The van der Waals surface area contributed by atoms with Crippen molar-refractivity contribution in [2.75, 3.05) is 0 Å². The predicted molar refractivity (Wildman–Crippen MR) is 87.4 cm³/mol. The smallest absolute Gasteiger partial charge is 0.271 e. The van der Waals surface area contributed by atoms with E-state index in [1.54, 1.807) is 18.2 Å². The van der Waals surface area contributed by atoms with Crippen LogP contribution in [0.3, 0.4) is 0 Å². The lowest BCUT2D eigenvalue weighted by atomic mass is 10.2. The van der Waals surface area contributed by atoms with Crippen molar-refractivity contribution in [2.24, 2.45) is 0 Å². The average Bonchev–Trinajstić information content (AvgIpc) is 2.41. The molecule has 0 aliphatic rings. The van der Waals surface area contributed by atoms with E-state index in [-0.39, 0.29) is 5.69 Å². The quantitative estimate of drug-likeness (QED) is 0.430. The molecule has 2 aromatic rings. The number of rotatable bonds is 3. The fourth-order valence-corrected chi connectivity index (χ4v) is 3.35. The van der Waals surface area contributed by atoms with Crippen LogP contribution in [-0.2, 0) is 0 Å². The van der Waals surface area contributed by atoms with E-state index in [0.29, 0.717) is 30.5 Å². The van der Waals surface area contributed by atoms with Crippen LogP contribution >= 0.6 is 47.8 Å². The Bertz CT molecular complexity index is 749. The summed E-state index contributed by atoms with van der Waals surface area (Å²) in [7, 11) is 0. The van der Waals surface area contributed by atoms with Gasteiger partial charge in [-0.15, -0.1) is 0 Å². The van der Waals surface area contributed by atoms with Crippen LogP contribution in [0, 0.1) is 21.4 Å². The third kappa shape index (κ3) is 3.81. The van der Waals surface area contributed by atoms with E-state index < -0.39 is 4.92 Å². The van der Waals surface area contributed by atoms with E-state index in [9.17, 15) is 10.1 Å². The molecular weight excluding hydrogens is 472 g/mol. The second-order valence-corrected chi connectivity index (χ2v) is 6.51. The second-order valence-electron chi connectivity index (χ2n) is 3.89. The second kappa shape index (κ2) is 6.56. The molecule has 0 amide bonds. The lowest BCUT2D eigenvalue weighted by molar-refractivity contribution is -0.385. The molecule has 0 N–H and O–H groups in total. The molecule has 0 saturated carbocycles. The first-order chi connectivity index (χ1) is 9.90. The third-order valence-corrected chi connectivity index (χ3v) is 4.05. The van der Waals surface area contributed by atoms with Crippen molar-refractivity contribution in [3.05, 3.63) is 59.4 Å². The number of nitrogens with zero attached hydrogens (tertiary/aromatic N) is 2. The summed E-state index contributed by atoms with van der Waals surface area (Å²) in [4.78, 5) is 10.3. The van der Waals surface area contributed by atoms with Gasteiger partial charge in [-0.25, -0.2) is 0 Å². The minimum atomic E-state index is -0.494. The molecule has 2 aromatic carbocycles. The van der Waals surface area contributed by atoms with Crippen LogP contribution in [0.4, 0.5) is 5.69 Å². The van der Waals surface area contributed by atoms with Crippen LogP contribution in [0.1, 0.15) is 5.56 Å². The van der Waals surface area contributed by atoms with E-state index in [0.717, 1.165) is 0 Å². The van der Waals surface area contributed by atoms with Crippen molar-refractivity contribution in [1.29, 1.82) is 5.26 Å². The largest absolute Gasteiger partial charge is 0.455 e. The molecule has 21 heavy (non-hydrogen) atoms. The molecule has 0 heterocycles. The minimum Gasteiger partial charge on any atom is -0.455 e. The molecule has 8 heteroatoms. The van der Waals surface area contributed by atoms with Gasteiger partial charge in [0.15, 0.2) is 5.75 Å². The van der Waals surface area contributed by atoms with Crippen LogP contribution in [0.2, 0.25) is 0 Å². The van der Waals surface area contributed by atoms with Gasteiger partial charge in [0.25, 0.3) is 5.69 Å². The van der Waals surface area contributed by atoms with Gasteiger partial charge in [-0.1, -0.05) is 15.9 Å². The fourth-order valence-electron chi connectivity index (χ4n) is 1.55. The Kier molecular flexibility index (Phi) is 4.98. The van der Waals surface area contributed by atoms with Crippen LogP contribution in [0.5, 0.6) is 11.5 Å². The van der Waals surface area contributed by atoms with Gasteiger partial charge >= 0.3 is 0 Å². The van der Waals surface area contributed by atoms with Gasteiger partial charge < -0.3 is 4.74 Å². The van der Waals surface area contributed by atoms with Crippen molar-refractivity contribution < 1.29 is 9.66 Å². The van der Waals surface area contributed by atoms with Gasteiger partial charge in [-0.2, -0.15) is 5.26 Å². The SMILES string of the molecule is N#Cc1cc(Br)cc(Oc2c(Br)cc([N+](=O)[O-])cc2Br)c1. The topological polar surface area (TPSA) is 76.2 Å². The highest BCUT2D eigenvalue weighted by Gasteiger charge is 2.16. The van der Waals surface area contributed by atoms with Crippen LogP contribution < -0.4 is 4.74 Å². The summed E-state index contributed by atoms with van der Waals surface area (Å²) in [5.41, 5.74) is 0.376. The number of nitriles is 1. The molecule has 5 nitrogen and oxygen atoms in total. The van der Waals surface area contributed by atoms with Gasteiger partial charge in [-0.05, 0) is 50.1 Å². The van der Waals surface area contributed by atoms with E-state index in [1.807, 2.05) is 6.07 Å². The summed E-state index contributed by atoms with van der Waals surface area (Å²) in [6.07, 6.45) is 0. The summed E-state index contributed by atoms with van der Waals surface area (Å²) >= 11 is 9.77. The Labute approximate surface area is 145 Å². The van der Waals surface area contributed by atoms with Gasteiger partial charge in [0.2, 0.25) is 0 Å². The molecule has 0 unspecified atom stereocenters. The number of hydrogen-bond donors (Lipinski definition) is 0. The number of benzene rings is 2. The Morgan fingerprint density at radius 2 is 1.71 bits per heavy atom. The van der Waals surface area contributed by atoms with Crippen molar-refractivity contribution >= 4 is 53.5 Å². The van der Waals surface area contributed by atoms with Crippen LogP contribution in [0.15, 0.2) is 43.7 Å². The molecule has 106 valence electrons. The van der Waals surface area contributed by atoms with E-state index in [2.05, 4.69) is 47.8 Å². The zero-order valence-electron chi connectivity index (χ0n) is 10.1. The monoisotopic (exact) mass is 474 g/mol. The molecule has 0 aliphatic heterocycles. The number of hydrogen-bond acceptors (Lipinski definition) is 4. The van der Waals surface area contributed by atoms with Crippen molar-refractivity contribution in [2.45, 2.75) is 0 Å². The Balaban J connectivity index is 2.43. The summed E-state index contributed by atoms with van der Waals surface area (Å²) in [5.74, 6) is 0.832. The normalized spacial score (nSPS) is 10.0.